The molecule has 2 aromatic heterocycles. The largest absolute Gasteiger partial charge is 0.354 e. The molecule has 5 nitrogen and oxygen atoms in total. The van der Waals surface area contributed by atoms with Crippen LogP contribution in [0.3, 0.4) is 0 Å². The van der Waals surface area contributed by atoms with Crippen LogP contribution in [0.25, 0.3) is 22.3 Å². The number of nitrogens with one attached hydrogen (secondary N) is 1. The molecular weight excluding hydrogens is 381 g/mol. The van der Waals surface area contributed by atoms with Crippen molar-refractivity contribution in [2.75, 3.05) is 31.5 Å². The van der Waals surface area contributed by atoms with Crippen LogP contribution < -0.4 is 5.32 Å². The van der Waals surface area contributed by atoms with E-state index in [2.05, 4.69) is 34.0 Å². The summed E-state index contributed by atoms with van der Waals surface area (Å²) in [5, 5.41) is 5.24. The van der Waals surface area contributed by atoms with Crippen LogP contribution in [0.4, 0.5) is 5.95 Å². The van der Waals surface area contributed by atoms with Gasteiger partial charge in [-0.05, 0) is 50.3 Å². The van der Waals surface area contributed by atoms with Crippen molar-refractivity contribution in [1.29, 1.82) is 0 Å². The second-order valence-electron chi connectivity index (χ2n) is 6.17. The van der Waals surface area contributed by atoms with Crippen LogP contribution in [0, 0.1) is 0 Å². The van der Waals surface area contributed by atoms with Crippen molar-refractivity contribution in [3.05, 3.63) is 46.6 Å². The fraction of sp³-hybridized carbons (Fsp3) is 0.350. The van der Waals surface area contributed by atoms with E-state index in [-0.39, 0.29) is 0 Å². The van der Waals surface area contributed by atoms with Crippen LogP contribution in [0.1, 0.15) is 20.3 Å². The van der Waals surface area contributed by atoms with Crippen molar-refractivity contribution in [3.63, 3.8) is 0 Å². The number of aromatic nitrogens is 3. The first-order chi connectivity index (χ1) is 13.1. The Bertz CT molecular complexity index is 892. The standard InChI is InChI=1S/C20H23Cl2N5/c1-3-27(4-2)13-7-12-24-20-25-18(14-8-6-11-23-19(14)26-20)17-15(21)9-5-10-16(17)22/h5-6,8-11H,3-4,7,12-13H2,1-2H3,(H,23,24,25,26). The number of hydrogen-bond donors (Lipinski definition) is 1. The van der Waals surface area contributed by atoms with E-state index < -0.39 is 0 Å². The van der Waals surface area contributed by atoms with Crippen molar-refractivity contribution < 1.29 is 0 Å². The fourth-order valence-corrected chi connectivity index (χ4v) is 3.58. The second-order valence-corrected chi connectivity index (χ2v) is 6.99. The van der Waals surface area contributed by atoms with Crippen molar-refractivity contribution in [2.45, 2.75) is 20.3 Å². The van der Waals surface area contributed by atoms with Crippen LogP contribution in [0.2, 0.25) is 10.0 Å². The third-order valence-electron chi connectivity index (χ3n) is 4.50. The predicted octanol–water partition coefficient (Wildman–Crippen LogP) is 5.14. The van der Waals surface area contributed by atoms with Gasteiger partial charge in [-0.15, -0.1) is 0 Å². The molecule has 0 aliphatic carbocycles. The minimum Gasteiger partial charge on any atom is -0.354 e. The van der Waals surface area contributed by atoms with Crippen LogP contribution >= 0.6 is 23.2 Å². The van der Waals surface area contributed by atoms with Crippen molar-refractivity contribution in [3.8, 4) is 11.3 Å². The molecule has 3 rings (SSSR count). The molecule has 27 heavy (non-hydrogen) atoms. The van der Waals surface area contributed by atoms with Gasteiger partial charge in [-0.3, -0.25) is 0 Å². The lowest BCUT2D eigenvalue weighted by atomic mass is 10.1. The highest BCUT2D eigenvalue weighted by Crippen LogP contribution is 2.37. The van der Waals surface area contributed by atoms with E-state index in [0.717, 1.165) is 38.0 Å². The number of hydrogen-bond acceptors (Lipinski definition) is 5. The number of rotatable bonds is 8. The van der Waals surface area contributed by atoms with E-state index in [0.29, 0.717) is 32.9 Å². The van der Waals surface area contributed by atoms with Gasteiger partial charge < -0.3 is 10.2 Å². The Morgan fingerprint density at radius 3 is 2.44 bits per heavy atom. The maximum atomic E-state index is 6.42. The summed E-state index contributed by atoms with van der Waals surface area (Å²) >= 11 is 12.8. The quantitative estimate of drug-likeness (QED) is 0.527. The molecule has 1 N–H and O–H groups in total. The Labute approximate surface area is 169 Å². The molecule has 0 radical (unpaired) electrons. The average Bonchev–Trinajstić information content (AvgIpc) is 2.68. The van der Waals surface area contributed by atoms with Gasteiger partial charge in [0.15, 0.2) is 5.65 Å². The summed E-state index contributed by atoms with van der Waals surface area (Å²) in [6.07, 6.45) is 2.73. The first kappa shape index (κ1) is 19.8. The predicted molar refractivity (Wildman–Crippen MR) is 114 cm³/mol. The fourth-order valence-electron chi connectivity index (χ4n) is 3.00. The molecule has 0 bridgehead atoms. The van der Waals surface area contributed by atoms with Gasteiger partial charge in [-0.2, -0.15) is 4.98 Å². The molecule has 2 heterocycles. The molecule has 0 atom stereocenters. The van der Waals surface area contributed by atoms with E-state index in [1.54, 1.807) is 6.20 Å². The highest BCUT2D eigenvalue weighted by Gasteiger charge is 2.16. The molecule has 0 saturated carbocycles. The molecule has 0 unspecified atom stereocenters. The Morgan fingerprint density at radius 2 is 1.74 bits per heavy atom. The summed E-state index contributed by atoms with van der Waals surface area (Å²) in [6, 6.07) is 9.23. The van der Waals surface area contributed by atoms with Crippen LogP contribution in [0.5, 0.6) is 0 Å². The Kier molecular flexibility index (Phi) is 6.83. The van der Waals surface area contributed by atoms with Crippen molar-refractivity contribution >= 4 is 40.2 Å². The van der Waals surface area contributed by atoms with E-state index in [9.17, 15) is 0 Å². The lowest BCUT2D eigenvalue weighted by Gasteiger charge is -2.18. The third kappa shape index (κ3) is 4.67. The molecule has 1 aromatic carbocycles. The van der Waals surface area contributed by atoms with Crippen LogP contribution in [-0.2, 0) is 0 Å². The van der Waals surface area contributed by atoms with Gasteiger partial charge in [0.1, 0.15) is 0 Å². The van der Waals surface area contributed by atoms with E-state index in [1.807, 2.05) is 30.3 Å². The summed E-state index contributed by atoms with van der Waals surface area (Å²) in [5.41, 5.74) is 2.01. The third-order valence-corrected chi connectivity index (χ3v) is 5.13. The van der Waals surface area contributed by atoms with Crippen molar-refractivity contribution in [2.24, 2.45) is 0 Å². The molecule has 7 heteroatoms. The van der Waals surface area contributed by atoms with Crippen LogP contribution in [-0.4, -0.2) is 46.0 Å². The Hall–Kier alpha value is -1.95. The minimum atomic E-state index is 0.534. The van der Waals surface area contributed by atoms with E-state index in [4.69, 9.17) is 28.2 Å². The molecule has 0 aliphatic heterocycles. The van der Waals surface area contributed by atoms with Gasteiger partial charge in [0.2, 0.25) is 5.95 Å². The maximum Gasteiger partial charge on any atom is 0.225 e. The summed E-state index contributed by atoms with van der Waals surface area (Å²) in [7, 11) is 0. The number of benzene rings is 1. The maximum absolute atomic E-state index is 6.42. The number of nitrogens with zero attached hydrogens (tertiary/aromatic N) is 4. The number of halogens is 2. The minimum absolute atomic E-state index is 0.534. The SMILES string of the molecule is CCN(CC)CCCNc1nc(-c2c(Cl)cccc2Cl)c2cccnc2n1. The van der Waals surface area contributed by atoms with E-state index >= 15 is 0 Å². The Balaban J connectivity index is 1.90. The molecule has 0 spiro atoms. The van der Waals surface area contributed by atoms with Gasteiger partial charge in [0, 0.05) is 23.7 Å². The highest BCUT2D eigenvalue weighted by atomic mass is 35.5. The molecular formula is C20H23Cl2N5. The van der Waals surface area contributed by atoms with Gasteiger partial charge in [0.25, 0.3) is 0 Å². The van der Waals surface area contributed by atoms with Gasteiger partial charge in [0.05, 0.1) is 15.7 Å². The molecule has 0 aliphatic rings. The summed E-state index contributed by atoms with van der Waals surface area (Å²) in [4.78, 5) is 16.0. The molecule has 142 valence electrons. The number of anilines is 1. The summed E-state index contributed by atoms with van der Waals surface area (Å²) in [5.74, 6) is 0.534. The lowest BCUT2D eigenvalue weighted by molar-refractivity contribution is 0.303. The van der Waals surface area contributed by atoms with Gasteiger partial charge in [-0.25, -0.2) is 9.97 Å². The van der Waals surface area contributed by atoms with Crippen LogP contribution in [0.15, 0.2) is 36.5 Å². The number of pyridine rings is 1. The normalized spacial score (nSPS) is 11.3. The zero-order chi connectivity index (χ0) is 19.2. The van der Waals surface area contributed by atoms with Gasteiger partial charge >= 0.3 is 0 Å². The first-order valence-corrected chi connectivity index (χ1v) is 9.93. The molecule has 0 saturated heterocycles. The van der Waals surface area contributed by atoms with Crippen molar-refractivity contribution in [1.82, 2.24) is 19.9 Å². The van der Waals surface area contributed by atoms with E-state index in [1.165, 1.54) is 0 Å². The summed E-state index contributed by atoms with van der Waals surface area (Å²) in [6.45, 7) is 8.28. The topological polar surface area (TPSA) is 53.9 Å². The molecule has 0 fully saturated rings. The van der Waals surface area contributed by atoms with Gasteiger partial charge in [-0.1, -0.05) is 43.1 Å². The number of fused-ring (bicyclic) bond motifs is 1. The second kappa shape index (κ2) is 9.31. The monoisotopic (exact) mass is 403 g/mol. The first-order valence-electron chi connectivity index (χ1n) is 9.17. The summed E-state index contributed by atoms with van der Waals surface area (Å²) < 4.78 is 0. The average molecular weight is 404 g/mol. The zero-order valence-corrected chi connectivity index (χ0v) is 17.1. The molecule has 3 aromatic rings. The smallest absolute Gasteiger partial charge is 0.225 e. The zero-order valence-electron chi connectivity index (χ0n) is 15.5. The highest BCUT2D eigenvalue weighted by molar-refractivity contribution is 6.39. The Morgan fingerprint density at radius 1 is 1.00 bits per heavy atom. The lowest BCUT2D eigenvalue weighted by Crippen LogP contribution is -2.25. The molecule has 0 amide bonds.